The SMILES string of the molecule is CC1COc2cc(C(=O)O)ccc2CN1C(=O)C1(CO)CCC1. The normalized spacial score (nSPS) is 22.3. The number of carboxylic acids is 1. The Kier molecular flexibility index (Phi) is 4.02. The number of carboxylic acid groups (broad SMARTS) is 1. The molecular weight excluding hydrogens is 298 g/mol. The zero-order chi connectivity index (χ0) is 16.6. The van der Waals surface area contributed by atoms with Gasteiger partial charge >= 0.3 is 5.97 Å². The number of hydrogen-bond donors (Lipinski definition) is 2. The van der Waals surface area contributed by atoms with E-state index in [2.05, 4.69) is 0 Å². The molecule has 1 unspecified atom stereocenters. The number of carbonyl (C=O) groups excluding carboxylic acids is 1. The van der Waals surface area contributed by atoms with Gasteiger partial charge in [-0.3, -0.25) is 4.79 Å². The van der Waals surface area contributed by atoms with Gasteiger partial charge in [0.1, 0.15) is 12.4 Å². The smallest absolute Gasteiger partial charge is 0.335 e. The lowest BCUT2D eigenvalue weighted by Gasteiger charge is -2.43. The van der Waals surface area contributed by atoms with Crippen molar-refractivity contribution in [2.24, 2.45) is 5.41 Å². The van der Waals surface area contributed by atoms with Crippen LogP contribution in [0.4, 0.5) is 0 Å². The summed E-state index contributed by atoms with van der Waals surface area (Å²) in [5.41, 5.74) is 0.321. The van der Waals surface area contributed by atoms with Crippen LogP contribution >= 0.6 is 0 Å². The Balaban J connectivity index is 1.88. The maximum Gasteiger partial charge on any atom is 0.335 e. The first kappa shape index (κ1) is 15.8. The Morgan fingerprint density at radius 3 is 2.70 bits per heavy atom. The summed E-state index contributed by atoms with van der Waals surface area (Å²) in [5.74, 6) is -0.522. The van der Waals surface area contributed by atoms with Crippen LogP contribution in [-0.2, 0) is 11.3 Å². The summed E-state index contributed by atoms with van der Waals surface area (Å²) in [7, 11) is 0. The number of ether oxygens (including phenoxy) is 1. The minimum absolute atomic E-state index is 0.0301. The van der Waals surface area contributed by atoms with E-state index >= 15 is 0 Å². The largest absolute Gasteiger partial charge is 0.491 e. The summed E-state index contributed by atoms with van der Waals surface area (Å²) in [6, 6.07) is 4.59. The molecule has 1 amide bonds. The van der Waals surface area contributed by atoms with E-state index in [0.717, 1.165) is 24.8 Å². The van der Waals surface area contributed by atoms with Crippen molar-refractivity contribution >= 4 is 11.9 Å². The maximum atomic E-state index is 12.9. The average Bonchev–Trinajstić information content (AvgIpc) is 2.65. The molecule has 1 atom stereocenters. The van der Waals surface area contributed by atoms with Crippen LogP contribution in [0.25, 0.3) is 0 Å². The second kappa shape index (κ2) is 5.85. The molecule has 1 aliphatic carbocycles. The third kappa shape index (κ3) is 2.67. The predicted octanol–water partition coefficient (Wildman–Crippen LogP) is 1.66. The monoisotopic (exact) mass is 319 g/mol. The molecule has 6 heteroatoms. The van der Waals surface area contributed by atoms with Crippen LogP contribution in [0.3, 0.4) is 0 Å². The van der Waals surface area contributed by atoms with Crippen molar-refractivity contribution in [1.29, 1.82) is 0 Å². The first-order valence-electron chi connectivity index (χ1n) is 7.88. The fraction of sp³-hybridized carbons (Fsp3) is 0.529. The van der Waals surface area contributed by atoms with Crippen molar-refractivity contribution in [2.45, 2.75) is 38.8 Å². The van der Waals surface area contributed by atoms with E-state index in [1.165, 1.54) is 12.1 Å². The second-order valence-electron chi connectivity index (χ2n) is 6.51. The highest BCUT2D eigenvalue weighted by molar-refractivity contribution is 5.88. The molecule has 2 aliphatic rings. The molecule has 1 fully saturated rings. The third-order valence-electron chi connectivity index (χ3n) is 4.99. The lowest BCUT2D eigenvalue weighted by atomic mass is 9.68. The number of nitrogens with zero attached hydrogens (tertiary/aromatic N) is 1. The number of aliphatic hydroxyl groups is 1. The standard InChI is InChI=1S/C17H21NO5/c1-11-9-23-14-7-12(15(20)21)3-4-13(14)8-18(11)16(22)17(10-19)5-2-6-17/h3-4,7,11,19H,2,5-6,8-10H2,1H3,(H,20,21). The van der Waals surface area contributed by atoms with Gasteiger partial charge in [-0.15, -0.1) is 0 Å². The van der Waals surface area contributed by atoms with Crippen molar-refractivity contribution in [3.05, 3.63) is 29.3 Å². The van der Waals surface area contributed by atoms with Crippen LogP contribution in [0.15, 0.2) is 18.2 Å². The van der Waals surface area contributed by atoms with E-state index in [1.807, 2.05) is 6.92 Å². The Bertz CT molecular complexity index is 632. The Morgan fingerprint density at radius 1 is 1.39 bits per heavy atom. The Hall–Kier alpha value is -2.08. The molecule has 0 bridgehead atoms. The first-order chi connectivity index (χ1) is 11.0. The number of rotatable bonds is 3. The van der Waals surface area contributed by atoms with Gasteiger partial charge in [-0.05, 0) is 31.9 Å². The average molecular weight is 319 g/mol. The minimum Gasteiger partial charge on any atom is -0.491 e. The summed E-state index contributed by atoms with van der Waals surface area (Å²) in [4.78, 5) is 25.7. The van der Waals surface area contributed by atoms with Crippen LogP contribution in [0.5, 0.6) is 5.75 Å². The van der Waals surface area contributed by atoms with Crippen LogP contribution in [-0.4, -0.2) is 46.2 Å². The highest BCUT2D eigenvalue weighted by Crippen LogP contribution is 2.43. The van der Waals surface area contributed by atoms with E-state index in [1.54, 1.807) is 11.0 Å². The molecule has 0 saturated heterocycles. The van der Waals surface area contributed by atoms with Crippen molar-refractivity contribution in [3.8, 4) is 5.75 Å². The van der Waals surface area contributed by atoms with Gasteiger partial charge in [-0.1, -0.05) is 12.5 Å². The molecule has 124 valence electrons. The number of aliphatic hydroxyl groups excluding tert-OH is 1. The summed E-state index contributed by atoms with van der Waals surface area (Å²) >= 11 is 0. The van der Waals surface area contributed by atoms with E-state index < -0.39 is 11.4 Å². The van der Waals surface area contributed by atoms with Gasteiger partial charge in [0.15, 0.2) is 0 Å². The quantitative estimate of drug-likeness (QED) is 0.885. The Morgan fingerprint density at radius 2 is 2.13 bits per heavy atom. The topological polar surface area (TPSA) is 87.1 Å². The molecule has 2 N–H and O–H groups in total. The lowest BCUT2D eigenvalue weighted by Crippen LogP contribution is -2.53. The zero-order valence-electron chi connectivity index (χ0n) is 13.1. The highest BCUT2D eigenvalue weighted by atomic mass is 16.5. The molecule has 0 radical (unpaired) electrons. The fourth-order valence-corrected chi connectivity index (χ4v) is 3.21. The van der Waals surface area contributed by atoms with Gasteiger partial charge in [-0.25, -0.2) is 4.79 Å². The summed E-state index contributed by atoms with van der Waals surface area (Å²) in [6.07, 6.45) is 2.40. The molecule has 0 spiro atoms. The molecule has 1 aromatic carbocycles. The van der Waals surface area contributed by atoms with E-state index in [9.17, 15) is 14.7 Å². The Labute approximate surface area is 134 Å². The number of benzene rings is 1. The van der Waals surface area contributed by atoms with Crippen LogP contribution in [0, 0.1) is 5.41 Å². The van der Waals surface area contributed by atoms with Crippen LogP contribution in [0.2, 0.25) is 0 Å². The van der Waals surface area contributed by atoms with E-state index in [4.69, 9.17) is 9.84 Å². The summed E-state index contributed by atoms with van der Waals surface area (Å²) in [5, 5.41) is 18.7. The first-order valence-corrected chi connectivity index (χ1v) is 7.88. The molecule has 1 aromatic rings. The van der Waals surface area contributed by atoms with Crippen LogP contribution in [0.1, 0.15) is 42.1 Å². The third-order valence-corrected chi connectivity index (χ3v) is 4.99. The van der Waals surface area contributed by atoms with Crippen molar-refractivity contribution in [1.82, 2.24) is 4.90 Å². The summed E-state index contributed by atoms with van der Waals surface area (Å²) in [6.45, 7) is 2.46. The van der Waals surface area contributed by atoms with Gasteiger partial charge < -0.3 is 19.8 Å². The molecule has 6 nitrogen and oxygen atoms in total. The van der Waals surface area contributed by atoms with Gasteiger partial charge in [0, 0.05) is 12.1 Å². The molecule has 1 heterocycles. The highest BCUT2D eigenvalue weighted by Gasteiger charge is 2.47. The van der Waals surface area contributed by atoms with Gasteiger partial charge in [-0.2, -0.15) is 0 Å². The van der Waals surface area contributed by atoms with Crippen molar-refractivity contribution in [2.75, 3.05) is 13.2 Å². The number of carbonyl (C=O) groups is 2. The fourth-order valence-electron chi connectivity index (χ4n) is 3.21. The number of aromatic carboxylic acids is 1. The molecule has 1 saturated carbocycles. The van der Waals surface area contributed by atoms with Gasteiger partial charge in [0.2, 0.25) is 5.91 Å². The lowest BCUT2D eigenvalue weighted by molar-refractivity contribution is -0.154. The predicted molar refractivity (Wildman–Crippen MR) is 82.3 cm³/mol. The van der Waals surface area contributed by atoms with Crippen molar-refractivity contribution in [3.63, 3.8) is 0 Å². The number of fused-ring (bicyclic) bond motifs is 1. The zero-order valence-corrected chi connectivity index (χ0v) is 13.1. The van der Waals surface area contributed by atoms with E-state index in [0.29, 0.717) is 18.9 Å². The van der Waals surface area contributed by atoms with Gasteiger partial charge in [0.25, 0.3) is 0 Å². The van der Waals surface area contributed by atoms with Crippen LogP contribution < -0.4 is 4.74 Å². The molecule has 3 rings (SSSR count). The number of amides is 1. The second-order valence-corrected chi connectivity index (χ2v) is 6.51. The van der Waals surface area contributed by atoms with Gasteiger partial charge in [0.05, 0.1) is 23.6 Å². The maximum absolute atomic E-state index is 12.9. The number of hydrogen-bond acceptors (Lipinski definition) is 4. The van der Waals surface area contributed by atoms with E-state index in [-0.39, 0.29) is 24.1 Å². The molecule has 1 aliphatic heterocycles. The molecule has 23 heavy (non-hydrogen) atoms. The summed E-state index contributed by atoms with van der Waals surface area (Å²) < 4.78 is 5.71. The molecule has 0 aromatic heterocycles. The minimum atomic E-state index is -1.00. The van der Waals surface area contributed by atoms with Crippen molar-refractivity contribution < 1.29 is 24.5 Å². The molecular formula is C17H21NO5.